The summed E-state index contributed by atoms with van der Waals surface area (Å²) in [4.78, 5) is 11.6. The molecule has 1 aromatic carbocycles. The van der Waals surface area contributed by atoms with Crippen LogP contribution in [0, 0.1) is 0 Å². The molecule has 0 saturated carbocycles. The molecule has 2 aromatic rings. The van der Waals surface area contributed by atoms with Crippen LogP contribution in [0.1, 0.15) is 22.8 Å². The lowest BCUT2D eigenvalue weighted by Crippen LogP contribution is -2.17. The number of rotatable bonds is 3. The number of aryl methyl sites for hydroxylation is 1. The zero-order chi connectivity index (χ0) is 12.3. The van der Waals surface area contributed by atoms with E-state index in [1.54, 1.807) is 7.05 Å². The number of nitrogens with one attached hydrogen (secondary N) is 1. The Labute approximate surface area is 99.6 Å². The van der Waals surface area contributed by atoms with Gasteiger partial charge in [-0.2, -0.15) is 0 Å². The van der Waals surface area contributed by atoms with Gasteiger partial charge in [0.25, 0.3) is 5.91 Å². The molecule has 0 aliphatic rings. The predicted molar refractivity (Wildman–Crippen MR) is 64.7 cm³/mol. The first kappa shape index (κ1) is 11.4. The average molecular weight is 230 g/mol. The van der Waals surface area contributed by atoms with Crippen LogP contribution in [0.2, 0.25) is 0 Å². The Morgan fingerprint density at radius 2 is 2.06 bits per heavy atom. The molecule has 0 fully saturated rings. The van der Waals surface area contributed by atoms with Crippen molar-refractivity contribution in [1.82, 2.24) is 10.5 Å². The second-order valence-corrected chi connectivity index (χ2v) is 3.71. The molecular weight excluding hydrogens is 216 g/mol. The third kappa shape index (κ3) is 2.20. The number of aromatic nitrogens is 1. The van der Waals surface area contributed by atoms with E-state index in [0.717, 1.165) is 12.0 Å². The maximum atomic E-state index is 11.6. The topological polar surface area (TPSA) is 55.1 Å². The molecule has 0 bridgehead atoms. The molecule has 4 heteroatoms. The number of carbonyl (C=O) groups is 1. The molecule has 0 aliphatic carbocycles. The SMILES string of the molecule is CCc1ccc(-c2nocc2C(=O)NC)cc1. The van der Waals surface area contributed by atoms with Crippen LogP contribution in [0.25, 0.3) is 11.3 Å². The van der Waals surface area contributed by atoms with Gasteiger partial charge in [0.1, 0.15) is 17.5 Å². The van der Waals surface area contributed by atoms with Crippen LogP contribution in [0.5, 0.6) is 0 Å². The van der Waals surface area contributed by atoms with Crippen molar-refractivity contribution < 1.29 is 9.32 Å². The highest BCUT2D eigenvalue weighted by molar-refractivity contribution is 5.99. The Hall–Kier alpha value is -2.10. The lowest BCUT2D eigenvalue weighted by atomic mass is 10.0. The summed E-state index contributed by atoms with van der Waals surface area (Å²) in [5, 5.41) is 6.44. The van der Waals surface area contributed by atoms with Gasteiger partial charge < -0.3 is 9.84 Å². The molecule has 0 atom stereocenters. The average Bonchev–Trinajstić information content (AvgIpc) is 2.87. The summed E-state index contributed by atoms with van der Waals surface area (Å²) >= 11 is 0. The highest BCUT2D eigenvalue weighted by Crippen LogP contribution is 2.22. The lowest BCUT2D eigenvalue weighted by molar-refractivity contribution is 0.0963. The fourth-order valence-electron chi connectivity index (χ4n) is 1.64. The third-order valence-electron chi connectivity index (χ3n) is 2.68. The zero-order valence-corrected chi connectivity index (χ0v) is 9.86. The monoisotopic (exact) mass is 230 g/mol. The molecule has 88 valence electrons. The quantitative estimate of drug-likeness (QED) is 0.879. The first-order valence-corrected chi connectivity index (χ1v) is 5.52. The van der Waals surface area contributed by atoms with Crippen LogP contribution in [0.4, 0.5) is 0 Å². The van der Waals surface area contributed by atoms with Crippen molar-refractivity contribution in [3.63, 3.8) is 0 Å². The first-order valence-electron chi connectivity index (χ1n) is 5.52. The molecule has 4 nitrogen and oxygen atoms in total. The second kappa shape index (κ2) is 4.82. The van der Waals surface area contributed by atoms with Gasteiger partial charge in [-0.1, -0.05) is 36.3 Å². The van der Waals surface area contributed by atoms with Gasteiger partial charge in [0, 0.05) is 12.6 Å². The predicted octanol–water partition coefficient (Wildman–Crippen LogP) is 2.26. The Balaban J connectivity index is 2.39. The van der Waals surface area contributed by atoms with Crippen molar-refractivity contribution in [1.29, 1.82) is 0 Å². The highest BCUT2D eigenvalue weighted by Gasteiger charge is 2.15. The van der Waals surface area contributed by atoms with Crippen molar-refractivity contribution in [3.8, 4) is 11.3 Å². The molecule has 0 saturated heterocycles. The van der Waals surface area contributed by atoms with Crippen LogP contribution < -0.4 is 5.32 Å². The molecular formula is C13H14N2O2. The Morgan fingerprint density at radius 3 is 2.65 bits per heavy atom. The summed E-state index contributed by atoms with van der Waals surface area (Å²) in [7, 11) is 1.58. The molecule has 0 unspecified atom stereocenters. The van der Waals surface area contributed by atoms with Gasteiger partial charge in [-0.15, -0.1) is 0 Å². The third-order valence-corrected chi connectivity index (χ3v) is 2.68. The van der Waals surface area contributed by atoms with E-state index in [1.165, 1.54) is 11.8 Å². The minimum Gasteiger partial charge on any atom is -0.363 e. The molecule has 1 heterocycles. The maximum Gasteiger partial charge on any atom is 0.256 e. The lowest BCUT2D eigenvalue weighted by Gasteiger charge is -2.01. The van der Waals surface area contributed by atoms with Crippen LogP contribution in [-0.2, 0) is 6.42 Å². The standard InChI is InChI=1S/C13H14N2O2/c1-3-9-4-6-10(7-5-9)12-11(8-17-15-12)13(16)14-2/h4-8H,3H2,1-2H3,(H,14,16). The van der Waals surface area contributed by atoms with E-state index >= 15 is 0 Å². The second-order valence-electron chi connectivity index (χ2n) is 3.71. The Kier molecular flexibility index (Phi) is 3.23. The largest absolute Gasteiger partial charge is 0.363 e. The maximum absolute atomic E-state index is 11.6. The van der Waals surface area contributed by atoms with Crippen LogP contribution in [-0.4, -0.2) is 18.1 Å². The molecule has 1 N–H and O–H groups in total. The van der Waals surface area contributed by atoms with Crippen molar-refractivity contribution in [2.45, 2.75) is 13.3 Å². The summed E-state index contributed by atoms with van der Waals surface area (Å²) in [6.07, 6.45) is 2.35. The molecule has 17 heavy (non-hydrogen) atoms. The smallest absolute Gasteiger partial charge is 0.256 e. The van der Waals surface area contributed by atoms with Gasteiger partial charge >= 0.3 is 0 Å². The van der Waals surface area contributed by atoms with Crippen LogP contribution in [0.15, 0.2) is 35.1 Å². The van der Waals surface area contributed by atoms with Gasteiger partial charge in [0.05, 0.1) is 0 Å². The van der Waals surface area contributed by atoms with Crippen molar-refractivity contribution >= 4 is 5.91 Å². The summed E-state index contributed by atoms with van der Waals surface area (Å²) < 4.78 is 4.87. The number of hydrogen-bond donors (Lipinski definition) is 1. The van der Waals surface area contributed by atoms with Gasteiger partial charge in [0.2, 0.25) is 0 Å². The molecule has 2 rings (SSSR count). The van der Waals surface area contributed by atoms with E-state index in [1.807, 2.05) is 24.3 Å². The van der Waals surface area contributed by atoms with Gasteiger partial charge in [-0.25, -0.2) is 0 Å². The molecule has 0 spiro atoms. The van der Waals surface area contributed by atoms with Crippen LogP contribution >= 0.6 is 0 Å². The van der Waals surface area contributed by atoms with Crippen molar-refractivity contribution in [2.75, 3.05) is 7.05 Å². The number of hydrogen-bond acceptors (Lipinski definition) is 3. The van der Waals surface area contributed by atoms with Crippen LogP contribution in [0.3, 0.4) is 0 Å². The Bertz CT molecular complexity index is 514. The Morgan fingerprint density at radius 1 is 1.35 bits per heavy atom. The van der Waals surface area contributed by atoms with E-state index < -0.39 is 0 Å². The van der Waals surface area contributed by atoms with E-state index in [0.29, 0.717) is 11.3 Å². The number of benzene rings is 1. The summed E-state index contributed by atoms with van der Waals surface area (Å²) in [5.41, 5.74) is 3.16. The van der Waals surface area contributed by atoms with Gasteiger partial charge in [0.15, 0.2) is 0 Å². The molecule has 1 aromatic heterocycles. The minimum absolute atomic E-state index is 0.194. The number of nitrogens with zero attached hydrogens (tertiary/aromatic N) is 1. The van der Waals surface area contributed by atoms with Gasteiger partial charge in [-0.3, -0.25) is 4.79 Å². The van der Waals surface area contributed by atoms with E-state index in [4.69, 9.17) is 4.52 Å². The normalized spacial score (nSPS) is 10.2. The molecule has 0 radical (unpaired) electrons. The van der Waals surface area contributed by atoms with Gasteiger partial charge in [-0.05, 0) is 12.0 Å². The van der Waals surface area contributed by atoms with E-state index in [2.05, 4.69) is 17.4 Å². The number of amides is 1. The summed E-state index contributed by atoms with van der Waals surface area (Å²) in [5.74, 6) is -0.194. The molecule has 0 aliphatic heterocycles. The number of carbonyl (C=O) groups excluding carboxylic acids is 1. The highest BCUT2D eigenvalue weighted by atomic mass is 16.5. The van der Waals surface area contributed by atoms with E-state index in [9.17, 15) is 4.79 Å². The van der Waals surface area contributed by atoms with Crippen molar-refractivity contribution in [2.24, 2.45) is 0 Å². The summed E-state index contributed by atoms with van der Waals surface area (Å²) in [6.45, 7) is 2.10. The zero-order valence-electron chi connectivity index (χ0n) is 9.86. The fourth-order valence-corrected chi connectivity index (χ4v) is 1.64. The fraction of sp³-hybridized carbons (Fsp3) is 0.231. The first-order chi connectivity index (χ1) is 8.26. The minimum atomic E-state index is -0.194. The van der Waals surface area contributed by atoms with E-state index in [-0.39, 0.29) is 5.91 Å². The van der Waals surface area contributed by atoms with Crippen molar-refractivity contribution in [3.05, 3.63) is 41.7 Å². The summed E-state index contributed by atoms with van der Waals surface area (Å²) in [6, 6.07) is 7.95. The molecule has 1 amide bonds.